The van der Waals surface area contributed by atoms with Gasteiger partial charge in [0, 0.05) is 5.69 Å². The number of H-pyrrole nitrogens is 1. The second-order valence-electron chi connectivity index (χ2n) is 6.11. The lowest BCUT2D eigenvalue weighted by Gasteiger charge is -2.12. The minimum atomic E-state index is -0.235. The predicted octanol–water partition coefficient (Wildman–Crippen LogP) is 3.45. The van der Waals surface area contributed by atoms with Crippen molar-refractivity contribution in [1.29, 1.82) is 0 Å². The highest BCUT2D eigenvalue weighted by atomic mass is 16.5. The summed E-state index contributed by atoms with van der Waals surface area (Å²) >= 11 is 0. The predicted molar refractivity (Wildman–Crippen MR) is 92.1 cm³/mol. The van der Waals surface area contributed by atoms with Gasteiger partial charge >= 0.3 is 5.97 Å². The molecule has 2 aromatic rings. The number of carbonyl (C=O) groups is 2. The van der Waals surface area contributed by atoms with Crippen molar-refractivity contribution in [3.63, 3.8) is 0 Å². The first-order chi connectivity index (χ1) is 11.4. The summed E-state index contributed by atoms with van der Waals surface area (Å²) in [7, 11) is 1.38. The van der Waals surface area contributed by atoms with Gasteiger partial charge in [0.15, 0.2) is 0 Å². The maximum absolute atomic E-state index is 12.4. The molecule has 128 valence electrons. The molecular weight excluding hydrogens is 306 g/mol. The SMILES string of the molecule is COC(=O)CC(C)c1ccc(NC(=O)c2cn[nH]c2C(C)C)cc1. The fourth-order valence-corrected chi connectivity index (χ4v) is 2.46. The van der Waals surface area contributed by atoms with Crippen LogP contribution >= 0.6 is 0 Å². The number of ether oxygens (including phenoxy) is 1. The maximum Gasteiger partial charge on any atom is 0.306 e. The van der Waals surface area contributed by atoms with Gasteiger partial charge in [0.1, 0.15) is 0 Å². The fourth-order valence-electron chi connectivity index (χ4n) is 2.46. The van der Waals surface area contributed by atoms with Gasteiger partial charge in [0.25, 0.3) is 5.91 Å². The second-order valence-corrected chi connectivity index (χ2v) is 6.11. The lowest BCUT2D eigenvalue weighted by atomic mass is 9.97. The van der Waals surface area contributed by atoms with Gasteiger partial charge in [-0.2, -0.15) is 5.10 Å². The fraction of sp³-hybridized carbons (Fsp3) is 0.389. The van der Waals surface area contributed by atoms with Crippen molar-refractivity contribution < 1.29 is 14.3 Å². The number of amides is 1. The molecule has 0 saturated heterocycles. The van der Waals surface area contributed by atoms with Gasteiger partial charge in [-0.25, -0.2) is 0 Å². The summed E-state index contributed by atoms with van der Waals surface area (Å²) in [5.74, 6) is -0.178. The minimum Gasteiger partial charge on any atom is -0.469 e. The zero-order valence-electron chi connectivity index (χ0n) is 14.4. The molecule has 0 bridgehead atoms. The number of methoxy groups -OCH3 is 1. The molecule has 0 fully saturated rings. The molecule has 2 N–H and O–H groups in total. The third kappa shape index (κ3) is 4.22. The van der Waals surface area contributed by atoms with Crippen molar-refractivity contribution >= 4 is 17.6 Å². The number of nitrogens with one attached hydrogen (secondary N) is 2. The summed E-state index contributed by atoms with van der Waals surface area (Å²) in [5.41, 5.74) is 3.08. The normalized spacial score (nSPS) is 12.0. The van der Waals surface area contributed by atoms with Crippen LogP contribution in [-0.4, -0.2) is 29.2 Å². The van der Waals surface area contributed by atoms with E-state index in [0.717, 1.165) is 11.3 Å². The van der Waals surface area contributed by atoms with E-state index in [1.807, 2.05) is 45.0 Å². The Morgan fingerprint density at radius 2 is 1.88 bits per heavy atom. The van der Waals surface area contributed by atoms with Crippen LogP contribution < -0.4 is 5.32 Å². The number of esters is 1. The van der Waals surface area contributed by atoms with Crippen LogP contribution in [0.5, 0.6) is 0 Å². The van der Waals surface area contributed by atoms with Crippen LogP contribution in [0.2, 0.25) is 0 Å². The van der Waals surface area contributed by atoms with Crippen molar-refractivity contribution in [3.8, 4) is 0 Å². The van der Waals surface area contributed by atoms with Crippen molar-refractivity contribution in [3.05, 3.63) is 47.3 Å². The Bertz CT molecular complexity index is 705. The summed E-state index contributed by atoms with van der Waals surface area (Å²) < 4.78 is 4.69. The van der Waals surface area contributed by atoms with Crippen molar-refractivity contribution in [1.82, 2.24) is 10.2 Å². The van der Waals surface area contributed by atoms with Crippen molar-refractivity contribution in [2.75, 3.05) is 12.4 Å². The number of benzene rings is 1. The van der Waals surface area contributed by atoms with E-state index in [-0.39, 0.29) is 23.7 Å². The van der Waals surface area contributed by atoms with Gasteiger partial charge < -0.3 is 10.1 Å². The van der Waals surface area contributed by atoms with Crippen LogP contribution in [-0.2, 0) is 9.53 Å². The molecule has 2 rings (SSSR count). The molecule has 0 spiro atoms. The first kappa shape index (κ1) is 17.7. The Morgan fingerprint density at radius 1 is 1.21 bits per heavy atom. The van der Waals surface area contributed by atoms with E-state index < -0.39 is 0 Å². The molecule has 6 nitrogen and oxygen atoms in total. The Labute approximate surface area is 141 Å². The molecule has 1 heterocycles. The van der Waals surface area contributed by atoms with Crippen molar-refractivity contribution in [2.45, 2.75) is 39.0 Å². The first-order valence-corrected chi connectivity index (χ1v) is 7.93. The van der Waals surface area contributed by atoms with Gasteiger partial charge in [-0.1, -0.05) is 32.9 Å². The Kier molecular flexibility index (Phi) is 5.73. The molecule has 6 heteroatoms. The van der Waals surface area contributed by atoms with E-state index in [1.165, 1.54) is 13.3 Å². The summed E-state index contributed by atoms with van der Waals surface area (Å²) in [6.07, 6.45) is 1.87. The first-order valence-electron chi connectivity index (χ1n) is 7.93. The van der Waals surface area contributed by atoms with E-state index in [9.17, 15) is 9.59 Å². The van der Waals surface area contributed by atoms with Crippen LogP contribution in [0.15, 0.2) is 30.5 Å². The molecule has 0 radical (unpaired) electrons. The number of nitrogens with zero attached hydrogens (tertiary/aromatic N) is 1. The molecule has 1 unspecified atom stereocenters. The summed E-state index contributed by atoms with van der Waals surface area (Å²) in [6.45, 7) is 5.97. The van der Waals surface area contributed by atoms with E-state index in [4.69, 9.17) is 0 Å². The quantitative estimate of drug-likeness (QED) is 0.795. The Morgan fingerprint density at radius 3 is 2.46 bits per heavy atom. The Hall–Kier alpha value is -2.63. The number of anilines is 1. The molecule has 1 aromatic heterocycles. The number of carbonyl (C=O) groups excluding carboxylic acids is 2. The molecule has 24 heavy (non-hydrogen) atoms. The van der Waals surface area contributed by atoms with Crippen molar-refractivity contribution in [2.24, 2.45) is 0 Å². The highest BCUT2D eigenvalue weighted by molar-refractivity contribution is 6.05. The van der Waals surface area contributed by atoms with E-state index >= 15 is 0 Å². The summed E-state index contributed by atoms with van der Waals surface area (Å²) in [6, 6.07) is 7.47. The largest absolute Gasteiger partial charge is 0.469 e. The lowest BCUT2D eigenvalue weighted by molar-refractivity contribution is -0.140. The molecule has 1 amide bonds. The topological polar surface area (TPSA) is 84.1 Å². The maximum atomic E-state index is 12.4. The van der Waals surface area contributed by atoms with E-state index in [2.05, 4.69) is 20.3 Å². The van der Waals surface area contributed by atoms with Crippen LogP contribution in [0.1, 0.15) is 60.6 Å². The number of hydrogen-bond donors (Lipinski definition) is 2. The number of aromatic nitrogens is 2. The third-order valence-corrected chi connectivity index (χ3v) is 3.93. The van der Waals surface area contributed by atoms with Crippen LogP contribution in [0.4, 0.5) is 5.69 Å². The molecular formula is C18H23N3O3. The van der Waals surface area contributed by atoms with Gasteiger partial charge in [-0.3, -0.25) is 14.7 Å². The minimum absolute atomic E-state index is 0.0589. The monoisotopic (exact) mass is 329 g/mol. The molecule has 1 atom stereocenters. The summed E-state index contributed by atoms with van der Waals surface area (Å²) in [4.78, 5) is 23.7. The zero-order valence-corrected chi connectivity index (χ0v) is 14.4. The van der Waals surface area contributed by atoms with Crippen LogP contribution in [0, 0.1) is 0 Å². The molecule has 1 aromatic carbocycles. The molecule has 0 saturated carbocycles. The molecule has 0 aliphatic heterocycles. The van der Waals surface area contributed by atoms with Gasteiger partial charge in [0.2, 0.25) is 0 Å². The summed E-state index contributed by atoms with van der Waals surface area (Å²) in [5, 5.41) is 9.68. The third-order valence-electron chi connectivity index (χ3n) is 3.93. The van der Waals surface area contributed by atoms with E-state index in [0.29, 0.717) is 17.7 Å². The molecule has 0 aliphatic carbocycles. The van der Waals surface area contributed by atoms with E-state index in [1.54, 1.807) is 0 Å². The molecule has 0 aliphatic rings. The number of aromatic amines is 1. The Balaban J connectivity index is 2.04. The highest BCUT2D eigenvalue weighted by Gasteiger charge is 2.16. The van der Waals surface area contributed by atoms with Crippen LogP contribution in [0.25, 0.3) is 0 Å². The average molecular weight is 329 g/mol. The van der Waals surface area contributed by atoms with Gasteiger partial charge in [-0.05, 0) is 29.5 Å². The second kappa shape index (κ2) is 7.77. The number of rotatable bonds is 6. The number of hydrogen-bond acceptors (Lipinski definition) is 4. The zero-order chi connectivity index (χ0) is 17.7. The smallest absolute Gasteiger partial charge is 0.306 e. The lowest BCUT2D eigenvalue weighted by Crippen LogP contribution is -2.14. The standard InChI is InChI=1S/C18H23N3O3/c1-11(2)17-15(10-19-21-17)18(23)20-14-7-5-13(6-8-14)12(3)9-16(22)24-4/h5-8,10-12H,9H2,1-4H3,(H,19,21)(H,20,23). The van der Waals surface area contributed by atoms with Crippen LogP contribution in [0.3, 0.4) is 0 Å². The van der Waals surface area contributed by atoms with Gasteiger partial charge in [0.05, 0.1) is 31.0 Å². The average Bonchev–Trinajstić information content (AvgIpc) is 3.05. The highest BCUT2D eigenvalue weighted by Crippen LogP contribution is 2.22. The van der Waals surface area contributed by atoms with Gasteiger partial charge in [-0.15, -0.1) is 0 Å².